The van der Waals surface area contributed by atoms with Gasteiger partial charge in [-0.05, 0) is 45.2 Å². The highest BCUT2D eigenvalue weighted by molar-refractivity contribution is 8.03. The van der Waals surface area contributed by atoms with Crippen LogP contribution in [0.25, 0.3) is 0 Å². The summed E-state index contributed by atoms with van der Waals surface area (Å²) in [6.07, 6.45) is 11.5. The summed E-state index contributed by atoms with van der Waals surface area (Å²) in [4.78, 5) is 22.3. The van der Waals surface area contributed by atoms with Gasteiger partial charge in [0.1, 0.15) is 5.69 Å². The van der Waals surface area contributed by atoms with Crippen molar-refractivity contribution in [3.63, 3.8) is 0 Å². The molecule has 1 aromatic heterocycles. The number of aromatic nitrogens is 2. The molecule has 118 valence electrons. The van der Waals surface area contributed by atoms with Crippen LogP contribution in [0, 0.1) is 5.92 Å². The number of aromatic amines is 1. The van der Waals surface area contributed by atoms with E-state index in [1.54, 1.807) is 12.4 Å². The van der Waals surface area contributed by atoms with E-state index < -0.39 is 0 Å². The summed E-state index contributed by atoms with van der Waals surface area (Å²) in [7, 11) is 0. The molecule has 3 heterocycles. The van der Waals surface area contributed by atoms with Crippen molar-refractivity contribution in [3.8, 4) is 0 Å². The van der Waals surface area contributed by atoms with E-state index in [-0.39, 0.29) is 5.56 Å². The van der Waals surface area contributed by atoms with Crippen molar-refractivity contribution < 1.29 is 0 Å². The number of likely N-dealkylation sites (tertiary alicyclic amines) is 1. The standard InChI is InChI=1S/C17H23N3OS/c1-13-6-11-22-16(13)3-2-14-4-9-20(10-5-14)12-15-17(21)19-8-7-18-15/h2-3,7-8,14H,4-6,9-12H2,1H3,(H,19,21)/b3-2+. The van der Waals surface area contributed by atoms with Crippen LogP contribution in [-0.4, -0.2) is 33.7 Å². The van der Waals surface area contributed by atoms with Crippen LogP contribution in [-0.2, 0) is 6.54 Å². The molecule has 0 atom stereocenters. The van der Waals surface area contributed by atoms with Crippen LogP contribution in [0.3, 0.4) is 0 Å². The molecule has 0 aliphatic carbocycles. The molecule has 0 spiro atoms. The van der Waals surface area contributed by atoms with Gasteiger partial charge in [-0.3, -0.25) is 14.7 Å². The summed E-state index contributed by atoms with van der Waals surface area (Å²) in [6, 6.07) is 0. The molecule has 0 bridgehead atoms. The lowest BCUT2D eigenvalue weighted by Gasteiger charge is -2.30. The summed E-state index contributed by atoms with van der Waals surface area (Å²) < 4.78 is 0. The van der Waals surface area contributed by atoms with Gasteiger partial charge in [-0.1, -0.05) is 17.7 Å². The second-order valence-electron chi connectivity index (χ2n) is 6.08. The van der Waals surface area contributed by atoms with E-state index in [0.29, 0.717) is 18.2 Å². The highest BCUT2D eigenvalue weighted by Crippen LogP contribution is 2.32. The average molecular weight is 317 g/mol. The fourth-order valence-electron chi connectivity index (χ4n) is 2.98. The molecule has 5 heteroatoms. The van der Waals surface area contributed by atoms with E-state index in [2.05, 4.69) is 33.9 Å². The molecular formula is C17H23N3OS. The van der Waals surface area contributed by atoms with Crippen LogP contribution in [0.5, 0.6) is 0 Å². The Labute approximate surface area is 135 Å². The minimum atomic E-state index is -0.0646. The molecule has 1 aromatic rings. The average Bonchev–Trinajstić information content (AvgIpc) is 2.94. The summed E-state index contributed by atoms with van der Waals surface area (Å²) in [6.45, 7) is 4.98. The second-order valence-corrected chi connectivity index (χ2v) is 7.22. The maximum Gasteiger partial charge on any atom is 0.270 e. The Morgan fingerprint density at radius 2 is 2.27 bits per heavy atom. The van der Waals surface area contributed by atoms with E-state index in [1.807, 2.05) is 11.8 Å². The predicted octanol–water partition coefficient (Wildman–Crippen LogP) is 2.95. The molecule has 0 aromatic carbocycles. The number of allylic oxidation sites excluding steroid dienone is 3. The first-order valence-electron chi connectivity index (χ1n) is 7.98. The lowest BCUT2D eigenvalue weighted by molar-refractivity contribution is 0.193. The van der Waals surface area contributed by atoms with Gasteiger partial charge in [0.25, 0.3) is 5.56 Å². The van der Waals surface area contributed by atoms with Crippen molar-refractivity contribution in [1.29, 1.82) is 0 Å². The van der Waals surface area contributed by atoms with Crippen molar-refractivity contribution in [1.82, 2.24) is 14.9 Å². The Morgan fingerprint density at radius 1 is 1.45 bits per heavy atom. The van der Waals surface area contributed by atoms with Gasteiger partial charge in [-0.15, -0.1) is 11.8 Å². The van der Waals surface area contributed by atoms with Gasteiger partial charge in [-0.25, -0.2) is 0 Å². The molecule has 1 fully saturated rings. The van der Waals surface area contributed by atoms with E-state index in [1.165, 1.54) is 22.7 Å². The molecule has 0 amide bonds. The van der Waals surface area contributed by atoms with Crippen molar-refractivity contribution in [2.24, 2.45) is 5.92 Å². The van der Waals surface area contributed by atoms with Crippen LogP contribution in [0.15, 0.2) is 39.8 Å². The number of piperidine rings is 1. The lowest BCUT2D eigenvalue weighted by atomic mass is 9.96. The van der Waals surface area contributed by atoms with E-state index >= 15 is 0 Å². The molecule has 3 rings (SSSR count). The summed E-state index contributed by atoms with van der Waals surface area (Å²) in [5.41, 5.74) is 2.10. The Balaban J connectivity index is 1.50. The van der Waals surface area contributed by atoms with E-state index in [9.17, 15) is 4.79 Å². The topological polar surface area (TPSA) is 49.0 Å². The highest BCUT2D eigenvalue weighted by Gasteiger charge is 2.19. The lowest BCUT2D eigenvalue weighted by Crippen LogP contribution is -2.34. The van der Waals surface area contributed by atoms with Crippen LogP contribution in [0.4, 0.5) is 0 Å². The van der Waals surface area contributed by atoms with Crippen LogP contribution in [0.1, 0.15) is 31.9 Å². The van der Waals surface area contributed by atoms with E-state index in [0.717, 1.165) is 25.9 Å². The SMILES string of the molecule is CC1=C(/C=C/C2CCN(Cc3ncc[nH]c3=O)CC2)SCC1. The predicted molar refractivity (Wildman–Crippen MR) is 91.8 cm³/mol. The van der Waals surface area contributed by atoms with Crippen LogP contribution in [0.2, 0.25) is 0 Å². The van der Waals surface area contributed by atoms with Crippen LogP contribution >= 0.6 is 11.8 Å². The maximum atomic E-state index is 11.7. The molecule has 1 N–H and O–H groups in total. The summed E-state index contributed by atoms with van der Waals surface area (Å²) >= 11 is 1.98. The second kappa shape index (κ2) is 7.29. The smallest absolute Gasteiger partial charge is 0.270 e. The Morgan fingerprint density at radius 3 is 2.95 bits per heavy atom. The first-order chi connectivity index (χ1) is 10.7. The first kappa shape index (κ1) is 15.6. The third kappa shape index (κ3) is 3.90. The fraction of sp³-hybridized carbons (Fsp3) is 0.529. The third-order valence-electron chi connectivity index (χ3n) is 4.46. The summed E-state index contributed by atoms with van der Waals surface area (Å²) in [5, 5.41) is 0. The van der Waals surface area contributed by atoms with Crippen molar-refractivity contribution in [2.45, 2.75) is 32.7 Å². The molecule has 22 heavy (non-hydrogen) atoms. The van der Waals surface area contributed by atoms with Crippen molar-refractivity contribution in [2.75, 3.05) is 18.8 Å². The zero-order valence-corrected chi connectivity index (χ0v) is 13.9. The van der Waals surface area contributed by atoms with Gasteiger partial charge in [0.2, 0.25) is 0 Å². The monoisotopic (exact) mass is 317 g/mol. The molecule has 4 nitrogen and oxygen atoms in total. The Bertz CT molecular complexity index is 627. The number of hydrogen-bond donors (Lipinski definition) is 1. The Hall–Kier alpha value is -1.33. The van der Waals surface area contributed by atoms with Gasteiger partial charge >= 0.3 is 0 Å². The molecule has 0 radical (unpaired) electrons. The summed E-state index contributed by atoms with van der Waals surface area (Å²) in [5.74, 6) is 1.91. The minimum Gasteiger partial charge on any atom is -0.326 e. The van der Waals surface area contributed by atoms with Crippen molar-refractivity contribution in [3.05, 3.63) is 51.1 Å². The molecular weight excluding hydrogens is 294 g/mol. The zero-order valence-electron chi connectivity index (χ0n) is 13.0. The number of hydrogen-bond acceptors (Lipinski definition) is 4. The number of rotatable bonds is 4. The van der Waals surface area contributed by atoms with Gasteiger partial charge in [0.15, 0.2) is 0 Å². The molecule has 0 saturated carbocycles. The quantitative estimate of drug-likeness (QED) is 0.927. The first-order valence-corrected chi connectivity index (χ1v) is 8.96. The molecule has 1 saturated heterocycles. The molecule has 2 aliphatic heterocycles. The molecule has 0 unspecified atom stereocenters. The maximum absolute atomic E-state index is 11.7. The van der Waals surface area contributed by atoms with Gasteiger partial charge in [0, 0.05) is 29.6 Å². The highest BCUT2D eigenvalue weighted by atomic mass is 32.2. The third-order valence-corrected chi connectivity index (χ3v) is 5.67. The normalized spacial score (nSPS) is 21.1. The fourth-order valence-corrected chi connectivity index (χ4v) is 4.14. The number of thioether (sulfide) groups is 1. The van der Waals surface area contributed by atoms with Crippen LogP contribution < -0.4 is 5.56 Å². The number of nitrogens with zero attached hydrogens (tertiary/aromatic N) is 2. The van der Waals surface area contributed by atoms with Gasteiger partial charge < -0.3 is 4.98 Å². The van der Waals surface area contributed by atoms with Crippen molar-refractivity contribution >= 4 is 11.8 Å². The van der Waals surface area contributed by atoms with Gasteiger partial charge in [-0.2, -0.15) is 0 Å². The Kier molecular flexibility index (Phi) is 5.16. The minimum absolute atomic E-state index is 0.0646. The zero-order chi connectivity index (χ0) is 15.4. The van der Waals surface area contributed by atoms with E-state index in [4.69, 9.17) is 0 Å². The largest absolute Gasteiger partial charge is 0.326 e. The molecule has 2 aliphatic rings. The number of nitrogens with one attached hydrogen (secondary N) is 1. The number of H-pyrrole nitrogens is 1. The van der Waals surface area contributed by atoms with Gasteiger partial charge in [0.05, 0.1) is 0 Å².